The van der Waals surface area contributed by atoms with Crippen molar-refractivity contribution in [3.8, 4) is 0 Å². The van der Waals surface area contributed by atoms with Crippen LogP contribution >= 0.6 is 23.2 Å². The number of nitrogens with zero attached hydrogens (tertiary/aromatic N) is 3. The van der Waals surface area contributed by atoms with Gasteiger partial charge in [0.1, 0.15) is 17.6 Å². The van der Waals surface area contributed by atoms with Crippen LogP contribution in [0, 0.1) is 6.92 Å². The number of fused-ring (bicyclic) bond motifs is 3. The first-order valence-corrected chi connectivity index (χ1v) is 11.4. The Labute approximate surface area is 205 Å². The maximum Gasteiger partial charge on any atom is 0.278 e. The number of aromatic nitrogens is 3. The third-order valence-electron chi connectivity index (χ3n) is 5.73. The number of carbonyl (C=O) groups is 1. The zero-order valence-corrected chi connectivity index (χ0v) is 19.8. The monoisotopic (exact) mass is 490 g/mol. The molecule has 0 saturated carbocycles. The molecule has 0 radical (unpaired) electrons. The van der Waals surface area contributed by atoms with Crippen molar-refractivity contribution in [3.63, 3.8) is 0 Å². The molecule has 3 aromatic carbocycles. The molecule has 0 saturated heterocycles. The van der Waals surface area contributed by atoms with Crippen molar-refractivity contribution in [2.75, 3.05) is 5.32 Å². The fraction of sp³-hybridized carbons (Fsp3) is 0.115. The fourth-order valence-corrected chi connectivity index (χ4v) is 4.57. The molecule has 5 aromatic rings. The number of aryl methyl sites for hydroxylation is 1. The number of nitrogens with one attached hydrogen (secondary N) is 1. The second kappa shape index (κ2) is 8.97. The molecule has 5 rings (SSSR count). The summed E-state index contributed by atoms with van der Waals surface area (Å²) < 4.78 is 3.22. The van der Waals surface area contributed by atoms with Crippen LogP contribution < -0.4 is 10.9 Å². The Morgan fingerprint density at radius 2 is 1.76 bits per heavy atom. The Morgan fingerprint density at radius 1 is 1.00 bits per heavy atom. The van der Waals surface area contributed by atoms with Gasteiger partial charge in [0.05, 0.1) is 29.1 Å². The third kappa shape index (κ3) is 4.06. The third-order valence-corrected chi connectivity index (χ3v) is 6.41. The van der Waals surface area contributed by atoms with E-state index in [1.165, 1.54) is 10.9 Å². The van der Waals surface area contributed by atoms with Gasteiger partial charge in [-0.15, -0.1) is 0 Å². The van der Waals surface area contributed by atoms with Crippen LogP contribution in [-0.2, 0) is 17.9 Å². The summed E-state index contributed by atoms with van der Waals surface area (Å²) in [7, 11) is 0. The highest BCUT2D eigenvalue weighted by Gasteiger charge is 2.19. The summed E-state index contributed by atoms with van der Waals surface area (Å²) >= 11 is 12.6. The van der Waals surface area contributed by atoms with E-state index in [4.69, 9.17) is 23.2 Å². The maximum atomic E-state index is 13.6. The molecule has 1 N–H and O–H groups in total. The number of hydrogen-bond donors (Lipinski definition) is 1. The van der Waals surface area contributed by atoms with Crippen molar-refractivity contribution in [1.82, 2.24) is 14.1 Å². The topological polar surface area (TPSA) is 68.9 Å². The zero-order chi connectivity index (χ0) is 23.8. The first-order chi connectivity index (χ1) is 16.4. The molecule has 8 heteroatoms. The van der Waals surface area contributed by atoms with Gasteiger partial charge in [-0.05, 0) is 42.3 Å². The van der Waals surface area contributed by atoms with Gasteiger partial charge in [0.2, 0.25) is 5.91 Å². The Morgan fingerprint density at radius 3 is 2.56 bits per heavy atom. The van der Waals surface area contributed by atoms with Gasteiger partial charge in [0.15, 0.2) is 0 Å². The van der Waals surface area contributed by atoms with Crippen LogP contribution in [0.1, 0.15) is 11.1 Å². The normalized spacial score (nSPS) is 11.3. The van der Waals surface area contributed by atoms with Crippen molar-refractivity contribution >= 4 is 56.7 Å². The van der Waals surface area contributed by atoms with Gasteiger partial charge >= 0.3 is 0 Å². The van der Waals surface area contributed by atoms with Crippen LogP contribution in [-0.4, -0.2) is 20.0 Å². The molecule has 34 heavy (non-hydrogen) atoms. The molecule has 0 aliphatic heterocycles. The Bertz CT molecular complexity index is 1620. The number of hydrogen-bond acceptors (Lipinski definition) is 3. The van der Waals surface area contributed by atoms with Crippen LogP contribution in [0.5, 0.6) is 0 Å². The number of anilines is 1. The Balaban J connectivity index is 1.58. The minimum absolute atomic E-state index is 0.0682. The number of rotatable bonds is 5. The molecular weight excluding hydrogens is 471 g/mol. The summed E-state index contributed by atoms with van der Waals surface area (Å²) in [4.78, 5) is 31.1. The number of amides is 1. The van der Waals surface area contributed by atoms with Crippen LogP contribution in [0.4, 0.5) is 5.69 Å². The minimum atomic E-state index is -0.297. The molecule has 0 spiro atoms. The maximum absolute atomic E-state index is 13.6. The lowest BCUT2D eigenvalue weighted by molar-refractivity contribution is -0.116. The van der Waals surface area contributed by atoms with Crippen LogP contribution in [0.25, 0.3) is 21.9 Å². The molecule has 0 aliphatic rings. The summed E-state index contributed by atoms with van der Waals surface area (Å²) in [6.45, 7) is 2.13. The van der Waals surface area contributed by atoms with Gasteiger partial charge in [0.25, 0.3) is 5.56 Å². The van der Waals surface area contributed by atoms with E-state index in [0.29, 0.717) is 26.8 Å². The van der Waals surface area contributed by atoms with Crippen LogP contribution in [0.2, 0.25) is 10.0 Å². The molecular formula is C26H20Cl2N4O2. The van der Waals surface area contributed by atoms with Crippen LogP contribution in [0.15, 0.2) is 77.9 Å². The lowest BCUT2D eigenvalue weighted by atomic mass is 10.2. The second-order valence-corrected chi connectivity index (χ2v) is 8.92. The highest BCUT2D eigenvalue weighted by molar-refractivity contribution is 6.33. The van der Waals surface area contributed by atoms with Crippen molar-refractivity contribution in [3.05, 3.63) is 105 Å². The summed E-state index contributed by atoms with van der Waals surface area (Å²) in [6.07, 6.45) is 1.52. The summed E-state index contributed by atoms with van der Waals surface area (Å²) in [6, 6.07) is 20.3. The summed E-state index contributed by atoms with van der Waals surface area (Å²) in [5.41, 5.74) is 3.74. The van der Waals surface area contributed by atoms with E-state index >= 15 is 0 Å². The van der Waals surface area contributed by atoms with E-state index in [-0.39, 0.29) is 24.6 Å². The van der Waals surface area contributed by atoms with Gasteiger partial charge in [-0.2, -0.15) is 0 Å². The van der Waals surface area contributed by atoms with Gasteiger partial charge in [-0.1, -0.05) is 65.7 Å². The van der Waals surface area contributed by atoms with Gasteiger partial charge < -0.3 is 9.88 Å². The fourth-order valence-electron chi connectivity index (χ4n) is 4.09. The number of halogens is 2. The molecule has 0 bridgehead atoms. The first-order valence-electron chi connectivity index (χ1n) is 10.7. The molecule has 6 nitrogen and oxygen atoms in total. The van der Waals surface area contributed by atoms with Crippen molar-refractivity contribution in [1.29, 1.82) is 0 Å². The highest BCUT2D eigenvalue weighted by atomic mass is 35.5. The molecule has 0 fully saturated rings. The van der Waals surface area contributed by atoms with Gasteiger partial charge in [-0.25, -0.2) is 4.98 Å². The summed E-state index contributed by atoms with van der Waals surface area (Å²) in [5.74, 6) is -0.297. The quantitative estimate of drug-likeness (QED) is 0.345. The van der Waals surface area contributed by atoms with Gasteiger partial charge in [0, 0.05) is 10.4 Å². The van der Waals surface area contributed by atoms with E-state index in [9.17, 15) is 9.59 Å². The second-order valence-electron chi connectivity index (χ2n) is 8.10. The van der Waals surface area contributed by atoms with E-state index < -0.39 is 0 Å². The van der Waals surface area contributed by atoms with Crippen LogP contribution in [0.3, 0.4) is 0 Å². The van der Waals surface area contributed by atoms with E-state index in [1.807, 2.05) is 55.5 Å². The molecule has 0 atom stereocenters. The minimum Gasteiger partial charge on any atom is -0.325 e. The largest absolute Gasteiger partial charge is 0.325 e. The van der Waals surface area contributed by atoms with Crippen molar-refractivity contribution in [2.24, 2.45) is 0 Å². The van der Waals surface area contributed by atoms with E-state index in [0.717, 1.165) is 22.0 Å². The standard InChI is InChI=1S/C26H20Cl2N4O2/c1-16-10-11-21(20(28)12-16)30-23(33)14-32-22-9-5-3-7-18(22)24-25(32)26(34)31(15-29-24)13-17-6-2-4-8-19(17)27/h2-12,15H,13-14H2,1H3,(H,30,33). The van der Waals surface area contributed by atoms with Gasteiger partial charge in [-0.3, -0.25) is 14.2 Å². The smallest absolute Gasteiger partial charge is 0.278 e. The average molecular weight is 491 g/mol. The molecule has 1 amide bonds. The summed E-state index contributed by atoms with van der Waals surface area (Å²) in [5, 5.41) is 4.69. The lowest BCUT2D eigenvalue weighted by Gasteiger charge is -2.11. The predicted molar refractivity (Wildman–Crippen MR) is 137 cm³/mol. The first kappa shape index (κ1) is 22.2. The zero-order valence-electron chi connectivity index (χ0n) is 18.3. The average Bonchev–Trinajstić information content (AvgIpc) is 3.13. The molecule has 0 aliphatic carbocycles. The molecule has 0 unspecified atom stereocenters. The predicted octanol–water partition coefficient (Wildman–Crippen LogP) is 5.65. The lowest BCUT2D eigenvalue weighted by Crippen LogP contribution is -2.25. The highest BCUT2D eigenvalue weighted by Crippen LogP contribution is 2.27. The number of benzene rings is 3. The Hall–Kier alpha value is -3.61. The van der Waals surface area contributed by atoms with E-state index in [1.54, 1.807) is 22.8 Å². The van der Waals surface area contributed by atoms with Crippen molar-refractivity contribution < 1.29 is 4.79 Å². The number of carbonyl (C=O) groups excluding carboxylic acids is 1. The SMILES string of the molecule is Cc1ccc(NC(=O)Cn2c3ccccc3c3ncn(Cc4ccccc4Cl)c(=O)c32)c(Cl)c1. The molecule has 2 heterocycles. The molecule has 2 aromatic heterocycles. The van der Waals surface area contributed by atoms with Crippen molar-refractivity contribution in [2.45, 2.75) is 20.0 Å². The molecule has 170 valence electrons. The number of para-hydroxylation sites is 1. The van der Waals surface area contributed by atoms with E-state index in [2.05, 4.69) is 10.3 Å². The Kier molecular flexibility index (Phi) is 5.86.